The van der Waals surface area contributed by atoms with E-state index in [0.29, 0.717) is 17.7 Å². The van der Waals surface area contributed by atoms with Crippen molar-refractivity contribution in [3.63, 3.8) is 0 Å². The highest BCUT2D eigenvalue weighted by atomic mass is 19.1. The number of hydrogen-bond donors (Lipinski definition) is 2. The van der Waals surface area contributed by atoms with Crippen molar-refractivity contribution in [3.8, 4) is 5.75 Å². The molecule has 5 nitrogen and oxygen atoms in total. The van der Waals surface area contributed by atoms with Crippen LogP contribution in [0.2, 0.25) is 0 Å². The number of nitrogens with zero attached hydrogens (tertiary/aromatic N) is 1. The van der Waals surface area contributed by atoms with Crippen LogP contribution >= 0.6 is 0 Å². The molecule has 120 valence electrons. The molecule has 2 atom stereocenters. The third-order valence-electron chi connectivity index (χ3n) is 3.96. The zero-order valence-electron chi connectivity index (χ0n) is 12.5. The first-order chi connectivity index (χ1) is 11.1. The lowest BCUT2D eigenvalue weighted by Gasteiger charge is -2.12. The van der Waals surface area contributed by atoms with Gasteiger partial charge in [-0.1, -0.05) is 18.2 Å². The summed E-state index contributed by atoms with van der Waals surface area (Å²) in [5.74, 6) is -0.0523. The lowest BCUT2D eigenvalue weighted by Crippen LogP contribution is -2.37. The number of hydrogen-bond acceptors (Lipinski definition) is 4. The van der Waals surface area contributed by atoms with Crippen molar-refractivity contribution in [2.75, 3.05) is 0 Å². The molecule has 0 radical (unpaired) electrons. The Morgan fingerprint density at radius 1 is 1.30 bits per heavy atom. The molecule has 23 heavy (non-hydrogen) atoms. The lowest BCUT2D eigenvalue weighted by atomic mass is 10.1. The number of carbonyl (C=O) groups excluding carboxylic acids is 1. The third-order valence-corrected chi connectivity index (χ3v) is 3.96. The van der Waals surface area contributed by atoms with Gasteiger partial charge in [-0.15, -0.1) is 0 Å². The van der Waals surface area contributed by atoms with Crippen LogP contribution in [0.3, 0.4) is 0 Å². The molecule has 0 aliphatic carbocycles. The van der Waals surface area contributed by atoms with Gasteiger partial charge in [-0.25, -0.2) is 4.39 Å². The fourth-order valence-corrected chi connectivity index (χ4v) is 2.66. The maximum absolute atomic E-state index is 13.5. The molecule has 3 rings (SSSR count). The van der Waals surface area contributed by atoms with Gasteiger partial charge >= 0.3 is 0 Å². The molecule has 1 fully saturated rings. The quantitative estimate of drug-likeness (QED) is 0.885. The van der Waals surface area contributed by atoms with Crippen LogP contribution in [0.4, 0.5) is 4.39 Å². The maximum Gasteiger partial charge on any atom is 0.234 e. The Bertz CT molecular complexity index is 690. The number of ether oxygens (including phenoxy) is 1. The molecule has 0 spiro atoms. The molecule has 2 heterocycles. The van der Waals surface area contributed by atoms with Gasteiger partial charge < -0.3 is 10.5 Å². The van der Waals surface area contributed by atoms with Crippen LogP contribution in [0.5, 0.6) is 5.75 Å². The molecule has 1 aliphatic heterocycles. The lowest BCUT2D eigenvalue weighted by molar-refractivity contribution is -0.119. The number of carbonyl (C=O) groups is 1. The van der Waals surface area contributed by atoms with Crippen LogP contribution in [0.25, 0.3) is 0 Å². The van der Waals surface area contributed by atoms with E-state index in [1.807, 2.05) is 6.07 Å². The number of halogens is 1. The predicted molar refractivity (Wildman–Crippen MR) is 83.1 cm³/mol. The van der Waals surface area contributed by atoms with Gasteiger partial charge in [0.1, 0.15) is 18.2 Å². The third kappa shape index (κ3) is 3.65. The first-order valence-electron chi connectivity index (χ1n) is 7.51. The Kier molecular flexibility index (Phi) is 4.52. The Morgan fingerprint density at radius 2 is 2.13 bits per heavy atom. The van der Waals surface area contributed by atoms with E-state index in [-0.39, 0.29) is 30.4 Å². The van der Waals surface area contributed by atoms with Gasteiger partial charge in [0.05, 0.1) is 24.0 Å². The van der Waals surface area contributed by atoms with Gasteiger partial charge in [0, 0.05) is 5.56 Å². The van der Waals surface area contributed by atoms with Crippen molar-refractivity contribution in [2.24, 2.45) is 5.73 Å². The van der Waals surface area contributed by atoms with Crippen LogP contribution in [-0.4, -0.2) is 16.9 Å². The summed E-state index contributed by atoms with van der Waals surface area (Å²) in [6, 6.07) is 9.87. The predicted octanol–water partition coefficient (Wildman–Crippen LogP) is 2.08. The van der Waals surface area contributed by atoms with E-state index in [4.69, 9.17) is 10.5 Å². The van der Waals surface area contributed by atoms with Crippen LogP contribution in [0.15, 0.2) is 42.6 Å². The molecule has 1 saturated heterocycles. The summed E-state index contributed by atoms with van der Waals surface area (Å²) in [7, 11) is 0. The minimum Gasteiger partial charge on any atom is -0.487 e. The summed E-state index contributed by atoms with van der Waals surface area (Å²) in [6.07, 6.45) is 3.14. The second kappa shape index (κ2) is 6.75. The fraction of sp³-hybridized carbons (Fsp3) is 0.294. The summed E-state index contributed by atoms with van der Waals surface area (Å²) >= 11 is 0. The first-order valence-corrected chi connectivity index (χ1v) is 7.51. The van der Waals surface area contributed by atoms with Crippen molar-refractivity contribution in [2.45, 2.75) is 31.5 Å². The summed E-state index contributed by atoms with van der Waals surface area (Å²) < 4.78 is 19.1. The van der Waals surface area contributed by atoms with Crippen molar-refractivity contribution in [1.82, 2.24) is 10.3 Å². The zero-order valence-corrected chi connectivity index (χ0v) is 12.5. The molecule has 0 saturated carbocycles. The van der Waals surface area contributed by atoms with Crippen molar-refractivity contribution < 1.29 is 13.9 Å². The van der Waals surface area contributed by atoms with Gasteiger partial charge in [0.25, 0.3) is 0 Å². The summed E-state index contributed by atoms with van der Waals surface area (Å²) in [5.41, 5.74) is 6.63. The minimum absolute atomic E-state index is 0.0214. The number of pyridine rings is 1. The van der Waals surface area contributed by atoms with E-state index in [2.05, 4.69) is 10.3 Å². The van der Waals surface area contributed by atoms with Crippen LogP contribution in [0, 0.1) is 5.82 Å². The van der Waals surface area contributed by atoms with Gasteiger partial charge in [-0.2, -0.15) is 0 Å². The molecule has 1 aliphatic rings. The smallest absolute Gasteiger partial charge is 0.234 e. The number of nitrogens with one attached hydrogen (secondary N) is 1. The number of primary amides is 1. The molecule has 0 bridgehead atoms. The number of amides is 1. The van der Waals surface area contributed by atoms with Crippen LogP contribution in [-0.2, 0) is 11.4 Å². The Labute approximate surface area is 133 Å². The molecule has 2 unspecified atom stereocenters. The highest BCUT2D eigenvalue weighted by molar-refractivity contribution is 5.80. The first kappa shape index (κ1) is 15.4. The Morgan fingerprint density at radius 3 is 2.78 bits per heavy atom. The number of rotatable bonds is 5. The van der Waals surface area contributed by atoms with Gasteiger partial charge in [-0.05, 0) is 31.0 Å². The molecular formula is C17H18FN3O2. The number of benzene rings is 1. The molecule has 1 aromatic carbocycles. The van der Waals surface area contributed by atoms with Crippen LogP contribution in [0.1, 0.15) is 30.1 Å². The normalized spacial score (nSPS) is 20.4. The van der Waals surface area contributed by atoms with E-state index >= 15 is 0 Å². The molecule has 3 N–H and O–H groups in total. The molecular weight excluding hydrogens is 297 g/mol. The number of nitrogens with two attached hydrogens (primary N) is 1. The highest BCUT2D eigenvalue weighted by Gasteiger charge is 2.29. The van der Waals surface area contributed by atoms with E-state index < -0.39 is 0 Å². The summed E-state index contributed by atoms with van der Waals surface area (Å²) in [6.45, 7) is 0.152. The average Bonchev–Trinajstić information content (AvgIpc) is 3.05. The summed E-state index contributed by atoms with van der Waals surface area (Å²) in [5, 5.41) is 3.16. The minimum atomic E-state index is -0.336. The molecule has 6 heteroatoms. The topological polar surface area (TPSA) is 77.2 Å². The maximum atomic E-state index is 13.5. The van der Waals surface area contributed by atoms with Crippen molar-refractivity contribution in [1.29, 1.82) is 0 Å². The second-order valence-electron chi connectivity index (χ2n) is 5.55. The standard InChI is InChI=1S/C17H18FN3O2/c18-13-4-2-1-3-11(13)10-23-12-5-6-14(20-9-12)15-7-8-16(21-15)17(19)22/h1-6,9,15-16,21H,7-8,10H2,(H2,19,22). The van der Waals surface area contributed by atoms with Gasteiger partial charge in [0.2, 0.25) is 5.91 Å². The second-order valence-corrected chi connectivity index (χ2v) is 5.55. The van der Waals surface area contributed by atoms with Gasteiger partial charge in [0.15, 0.2) is 0 Å². The summed E-state index contributed by atoms with van der Waals surface area (Å²) in [4.78, 5) is 15.5. The van der Waals surface area contributed by atoms with Gasteiger partial charge in [-0.3, -0.25) is 15.1 Å². The van der Waals surface area contributed by atoms with Crippen LogP contribution < -0.4 is 15.8 Å². The fourth-order valence-electron chi connectivity index (χ4n) is 2.66. The van der Waals surface area contributed by atoms with Crippen molar-refractivity contribution in [3.05, 3.63) is 59.7 Å². The molecule has 2 aromatic rings. The Balaban J connectivity index is 1.59. The zero-order chi connectivity index (χ0) is 16.2. The Hall–Kier alpha value is -2.47. The monoisotopic (exact) mass is 315 g/mol. The van der Waals surface area contributed by atoms with Crippen molar-refractivity contribution >= 4 is 5.91 Å². The van der Waals surface area contributed by atoms with E-state index in [1.54, 1.807) is 30.5 Å². The molecule has 1 amide bonds. The largest absolute Gasteiger partial charge is 0.487 e. The number of aromatic nitrogens is 1. The van der Waals surface area contributed by atoms with E-state index in [9.17, 15) is 9.18 Å². The average molecular weight is 315 g/mol. The highest BCUT2D eigenvalue weighted by Crippen LogP contribution is 2.26. The SMILES string of the molecule is NC(=O)C1CCC(c2ccc(OCc3ccccc3F)cn2)N1. The van der Waals surface area contributed by atoms with E-state index in [0.717, 1.165) is 12.1 Å². The molecule has 1 aromatic heterocycles. The van der Waals surface area contributed by atoms with E-state index in [1.165, 1.54) is 6.07 Å².